The molecule has 0 saturated carbocycles. The van der Waals surface area contributed by atoms with Gasteiger partial charge in [0, 0.05) is 36.3 Å². The summed E-state index contributed by atoms with van der Waals surface area (Å²) in [5, 5.41) is 17.1. The van der Waals surface area contributed by atoms with Crippen LogP contribution in [0.5, 0.6) is 5.75 Å². The summed E-state index contributed by atoms with van der Waals surface area (Å²) < 4.78 is 28.9. The molecule has 1 aliphatic rings. The molecule has 1 fully saturated rings. The van der Waals surface area contributed by atoms with Crippen LogP contribution in [0, 0.1) is 11.7 Å². The fourth-order valence-corrected chi connectivity index (χ4v) is 4.35. The van der Waals surface area contributed by atoms with E-state index >= 15 is 4.39 Å². The first-order valence-corrected chi connectivity index (χ1v) is 12.3. The number of nitrogens with zero attached hydrogens (tertiary/aromatic N) is 5. The Hall–Kier alpha value is -4.15. The molecule has 0 unspecified atom stereocenters. The third kappa shape index (κ3) is 5.00. The van der Waals surface area contributed by atoms with E-state index in [1.807, 2.05) is 25.3 Å². The van der Waals surface area contributed by atoms with Crippen LogP contribution in [-0.4, -0.2) is 65.4 Å². The molecule has 1 saturated heterocycles. The smallest absolute Gasteiger partial charge is 0.156 e. The molecule has 2 aromatic carbocycles. The van der Waals surface area contributed by atoms with Crippen molar-refractivity contribution in [3.63, 3.8) is 0 Å². The highest BCUT2D eigenvalue weighted by molar-refractivity contribution is 6.14. The van der Waals surface area contributed by atoms with Gasteiger partial charge in [-0.25, -0.2) is 4.39 Å². The van der Waals surface area contributed by atoms with Gasteiger partial charge in [-0.15, -0.1) is 0 Å². The van der Waals surface area contributed by atoms with E-state index in [1.165, 1.54) is 0 Å². The summed E-state index contributed by atoms with van der Waals surface area (Å²) in [7, 11) is 1.62. The monoisotopic (exact) mass is 516 g/mol. The van der Waals surface area contributed by atoms with E-state index in [1.54, 1.807) is 48.4 Å². The van der Waals surface area contributed by atoms with Crippen molar-refractivity contribution in [3.05, 3.63) is 66.4 Å². The maximum atomic E-state index is 15.4. The number of anilines is 1. The lowest BCUT2D eigenvalue weighted by Crippen LogP contribution is -2.39. The minimum absolute atomic E-state index is 0.0156. The highest BCUT2D eigenvalue weighted by atomic mass is 19.1. The van der Waals surface area contributed by atoms with Crippen molar-refractivity contribution in [2.24, 2.45) is 15.9 Å². The van der Waals surface area contributed by atoms with Gasteiger partial charge in [-0.05, 0) is 55.6 Å². The average Bonchev–Trinajstić information content (AvgIpc) is 3.36. The molecular weight excluding hydrogens is 487 g/mol. The quantitative estimate of drug-likeness (QED) is 0.251. The van der Waals surface area contributed by atoms with Crippen LogP contribution in [0.25, 0.3) is 22.0 Å². The second kappa shape index (κ2) is 11.1. The zero-order valence-corrected chi connectivity index (χ0v) is 21.3. The van der Waals surface area contributed by atoms with Gasteiger partial charge in [-0.2, -0.15) is 5.10 Å². The SMILES string of the molecule is C=Nc1cc(-c2cnn(CCO)c2)cc(O[C@H](C)C2COC2)c1C(=NC)Nc1ccc2ncccc2c1F. The number of hydrogen-bond donors (Lipinski definition) is 2. The summed E-state index contributed by atoms with van der Waals surface area (Å²) in [6.07, 6.45) is 5.05. The number of aliphatic imine (C=N–C) groups is 2. The first-order chi connectivity index (χ1) is 18.5. The molecule has 2 N–H and O–H groups in total. The summed E-state index contributed by atoms with van der Waals surface area (Å²) in [4.78, 5) is 13.0. The minimum atomic E-state index is -0.430. The van der Waals surface area contributed by atoms with Gasteiger partial charge in [-0.3, -0.25) is 19.7 Å². The highest BCUT2D eigenvalue weighted by Crippen LogP contribution is 2.38. The van der Waals surface area contributed by atoms with Crippen LogP contribution in [0.1, 0.15) is 12.5 Å². The van der Waals surface area contributed by atoms with Crippen LogP contribution in [0.3, 0.4) is 0 Å². The first-order valence-electron chi connectivity index (χ1n) is 12.3. The molecule has 0 spiro atoms. The summed E-state index contributed by atoms with van der Waals surface area (Å²) in [6, 6.07) is 10.5. The van der Waals surface area contributed by atoms with E-state index < -0.39 is 5.82 Å². The number of amidine groups is 1. The van der Waals surface area contributed by atoms with E-state index in [-0.39, 0.29) is 24.3 Å². The number of halogens is 1. The number of fused-ring (bicyclic) bond motifs is 1. The van der Waals surface area contributed by atoms with Gasteiger partial charge in [0.15, 0.2) is 5.82 Å². The Kier molecular flexibility index (Phi) is 7.43. The zero-order valence-electron chi connectivity index (χ0n) is 21.3. The molecule has 4 aromatic rings. The van der Waals surface area contributed by atoms with Crippen molar-refractivity contribution in [1.82, 2.24) is 14.8 Å². The Labute approximate surface area is 219 Å². The second-order valence-corrected chi connectivity index (χ2v) is 9.06. The fraction of sp³-hybridized carbons (Fsp3) is 0.286. The van der Waals surface area contributed by atoms with Gasteiger partial charge in [0.25, 0.3) is 0 Å². The van der Waals surface area contributed by atoms with Crippen LogP contribution in [-0.2, 0) is 11.3 Å². The number of nitrogens with one attached hydrogen (secondary N) is 1. The van der Waals surface area contributed by atoms with Crippen LogP contribution >= 0.6 is 0 Å². The third-order valence-electron chi connectivity index (χ3n) is 6.62. The fourth-order valence-electron chi connectivity index (χ4n) is 4.35. The Morgan fingerprint density at radius 3 is 2.87 bits per heavy atom. The molecule has 0 bridgehead atoms. The Morgan fingerprint density at radius 1 is 1.32 bits per heavy atom. The topological polar surface area (TPSA) is 106 Å². The summed E-state index contributed by atoms with van der Waals surface area (Å²) in [5.41, 5.74) is 3.53. The van der Waals surface area contributed by atoms with E-state index in [0.717, 1.165) is 11.1 Å². The summed E-state index contributed by atoms with van der Waals surface area (Å²) >= 11 is 0. The van der Waals surface area contributed by atoms with E-state index in [0.29, 0.717) is 53.5 Å². The molecule has 0 amide bonds. The molecule has 5 rings (SSSR count). The number of pyridine rings is 1. The predicted molar refractivity (Wildman–Crippen MR) is 146 cm³/mol. The molecule has 10 heteroatoms. The Morgan fingerprint density at radius 2 is 2.16 bits per heavy atom. The van der Waals surface area contributed by atoms with Crippen molar-refractivity contribution >= 4 is 34.8 Å². The maximum absolute atomic E-state index is 15.4. The third-order valence-corrected chi connectivity index (χ3v) is 6.62. The average molecular weight is 517 g/mol. The zero-order chi connectivity index (χ0) is 26.6. The Balaban J connectivity index is 1.58. The van der Waals surface area contributed by atoms with E-state index in [9.17, 15) is 5.11 Å². The number of aliphatic hydroxyl groups is 1. The van der Waals surface area contributed by atoms with Gasteiger partial charge in [0.05, 0.1) is 55.0 Å². The Bertz CT molecular complexity index is 1500. The molecule has 0 radical (unpaired) electrons. The lowest BCUT2D eigenvalue weighted by Gasteiger charge is -2.32. The van der Waals surface area contributed by atoms with Crippen molar-refractivity contribution in [2.45, 2.75) is 19.6 Å². The van der Waals surface area contributed by atoms with Gasteiger partial charge >= 0.3 is 0 Å². The number of aliphatic hydroxyl groups excluding tert-OH is 1. The van der Waals surface area contributed by atoms with Gasteiger partial charge in [-0.1, -0.05) is 0 Å². The lowest BCUT2D eigenvalue weighted by molar-refractivity contribution is -0.0776. The summed E-state index contributed by atoms with van der Waals surface area (Å²) in [5.74, 6) is 0.721. The van der Waals surface area contributed by atoms with E-state index in [4.69, 9.17) is 9.47 Å². The van der Waals surface area contributed by atoms with Gasteiger partial charge in [0.1, 0.15) is 17.7 Å². The minimum Gasteiger partial charge on any atom is -0.489 e. The first kappa shape index (κ1) is 25.5. The maximum Gasteiger partial charge on any atom is 0.156 e. The molecule has 0 aliphatic carbocycles. The standard InChI is InChI=1S/C28H29FN6O3/c1-17(20-15-37-16-20)38-25-12-18(19-13-33-35(14-19)9-10-36)11-24(30-2)26(25)28(31-3)34-23-7-6-22-21(27(23)29)5-4-8-32-22/h4-8,11-14,17,20,36H,2,9-10,15-16H2,1,3H3,(H,31,34)/t17-/m1/s1. The largest absolute Gasteiger partial charge is 0.489 e. The van der Waals surface area contributed by atoms with Crippen LogP contribution in [0.2, 0.25) is 0 Å². The normalized spacial score (nSPS) is 14.8. The van der Waals surface area contributed by atoms with Crippen LogP contribution < -0.4 is 10.1 Å². The number of rotatable bonds is 9. The van der Waals surface area contributed by atoms with E-state index in [2.05, 4.69) is 32.1 Å². The molecule has 196 valence electrons. The molecule has 3 heterocycles. The number of aromatic nitrogens is 3. The van der Waals surface area contributed by atoms with Crippen molar-refractivity contribution in [3.8, 4) is 16.9 Å². The lowest BCUT2D eigenvalue weighted by atomic mass is 10.00. The van der Waals surface area contributed by atoms with Gasteiger partial charge in [0.2, 0.25) is 0 Å². The second-order valence-electron chi connectivity index (χ2n) is 9.06. The molecule has 38 heavy (non-hydrogen) atoms. The van der Waals surface area contributed by atoms with Gasteiger partial charge < -0.3 is 19.9 Å². The summed E-state index contributed by atoms with van der Waals surface area (Å²) in [6.45, 7) is 7.40. The molecule has 9 nitrogen and oxygen atoms in total. The number of hydrogen-bond acceptors (Lipinski definition) is 7. The van der Waals surface area contributed by atoms with Crippen molar-refractivity contribution in [2.75, 3.05) is 32.2 Å². The van der Waals surface area contributed by atoms with Crippen LogP contribution in [0.4, 0.5) is 15.8 Å². The van der Waals surface area contributed by atoms with Crippen LogP contribution in [0.15, 0.2) is 65.0 Å². The predicted octanol–water partition coefficient (Wildman–Crippen LogP) is 4.46. The molecular formula is C28H29FN6O3. The van der Waals surface area contributed by atoms with Crippen molar-refractivity contribution < 1.29 is 19.0 Å². The molecule has 1 aliphatic heterocycles. The highest BCUT2D eigenvalue weighted by Gasteiger charge is 2.29. The molecule has 1 atom stereocenters. The molecule has 2 aromatic heterocycles. The number of benzene rings is 2. The van der Waals surface area contributed by atoms with Crippen molar-refractivity contribution in [1.29, 1.82) is 0 Å². The number of ether oxygens (including phenoxy) is 2.